The van der Waals surface area contributed by atoms with Crippen LogP contribution in [0.4, 0.5) is 0 Å². The summed E-state index contributed by atoms with van der Waals surface area (Å²) >= 11 is 5.77. The fraction of sp³-hybridized carbons (Fsp3) is 0.267. The molecule has 0 amide bonds. The van der Waals surface area contributed by atoms with Crippen molar-refractivity contribution < 1.29 is 9.53 Å². The normalized spacial score (nSPS) is 11.9. The molecule has 0 unspecified atom stereocenters. The molecule has 6 nitrogen and oxygen atoms in total. The number of hydrogen-bond donors (Lipinski definition) is 2. The SMILES string of the molecule is C=C(Cl)/C=C(\N=C(N)c1ccccn1)NCCC(=O)OCC. The van der Waals surface area contributed by atoms with Crippen LogP contribution < -0.4 is 11.1 Å². The first kappa shape index (κ1) is 17.7. The number of carbonyl (C=O) groups is 1. The van der Waals surface area contributed by atoms with Gasteiger partial charge in [0.2, 0.25) is 0 Å². The highest BCUT2D eigenvalue weighted by Gasteiger charge is 2.04. The smallest absolute Gasteiger partial charge is 0.307 e. The minimum atomic E-state index is -0.291. The Kier molecular flexibility index (Phi) is 7.70. The predicted octanol–water partition coefficient (Wildman–Crippen LogP) is 1.92. The molecule has 0 atom stereocenters. The average molecular weight is 323 g/mol. The van der Waals surface area contributed by atoms with Gasteiger partial charge < -0.3 is 15.8 Å². The molecule has 0 aromatic carbocycles. The number of pyridine rings is 1. The van der Waals surface area contributed by atoms with E-state index in [-0.39, 0.29) is 23.3 Å². The molecule has 22 heavy (non-hydrogen) atoms. The standard InChI is InChI=1S/C15H19ClN4O2/c1-3-22-14(21)7-9-19-13(10-11(2)16)20-15(17)12-6-4-5-8-18-12/h4-6,8,10,19H,2-3,7,9H2,1H3,(H2,17,20)/b13-10-. The molecule has 0 fully saturated rings. The van der Waals surface area contributed by atoms with Crippen LogP contribution in [-0.4, -0.2) is 29.9 Å². The van der Waals surface area contributed by atoms with Crippen molar-refractivity contribution in [3.8, 4) is 0 Å². The predicted molar refractivity (Wildman–Crippen MR) is 87.3 cm³/mol. The number of nitrogens with one attached hydrogen (secondary N) is 1. The second kappa shape index (κ2) is 9.57. The molecule has 0 bridgehead atoms. The van der Waals surface area contributed by atoms with Gasteiger partial charge >= 0.3 is 5.97 Å². The largest absolute Gasteiger partial charge is 0.466 e. The van der Waals surface area contributed by atoms with Crippen LogP contribution in [0.3, 0.4) is 0 Å². The third-order valence-electron chi connectivity index (χ3n) is 2.40. The first-order valence-corrected chi connectivity index (χ1v) is 7.12. The number of amidine groups is 1. The summed E-state index contributed by atoms with van der Waals surface area (Å²) in [5, 5.41) is 3.25. The molecule has 1 aromatic heterocycles. The summed E-state index contributed by atoms with van der Waals surface area (Å²) in [6.07, 6.45) is 3.34. The molecule has 1 aromatic rings. The van der Waals surface area contributed by atoms with Gasteiger partial charge in [0.25, 0.3) is 0 Å². The van der Waals surface area contributed by atoms with Crippen molar-refractivity contribution in [2.75, 3.05) is 13.2 Å². The molecule has 1 heterocycles. The zero-order chi connectivity index (χ0) is 16.4. The number of carbonyl (C=O) groups excluding carboxylic acids is 1. The van der Waals surface area contributed by atoms with Gasteiger partial charge in [-0.15, -0.1) is 0 Å². The Hall–Kier alpha value is -2.34. The highest BCUT2D eigenvalue weighted by molar-refractivity contribution is 6.30. The van der Waals surface area contributed by atoms with E-state index in [4.69, 9.17) is 22.1 Å². The van der Waals surface area contributed by atoms with Crippen molar-refractivity contribution in [3.05, 3.63) is 53.6 Å². The maximum atomic E-state index is 11.3. The third kappa shape index (κ3) is 6.90. The summed E-state index contributed by atoms with van der Waals surface area (Å²) in [6, 6.07) is 5.33. The summed E-state index contributed by atoms with van der Waals surface area (Å²) in [4.78, 5) is 19.6. The van der Waals surface area contributed by atoms with Crippen molar-refractivity contribution in [1.82, 2.24) is 10.3 Å². The minimum absolute atomic E-state index is 0.207. The van der Waals surface area contributed by atoms with Gasteiger partial charge in [0.15, 0.2) is 5.84 Å². The third-order valence-corrected chi connectivity index (χ3v) is 2.51. The molecule has 0 spiro atoms. The summed E-state index contributed by atoms with van der Waals surface area (Å²) in [7, 11) is 0. The van der Waals surface area contributed by atoms with E-state index in [0.717, 1.165) is 0 Å². The molecular formula is C15H19ClN4O2. The first-order valence-electron chi connectivity index (χ1n) is 6.74. The van der Waals surface area contributed by atoms with E-state index in [2.05, 4.69) is 21.9 Å². The summed E-state index contributed by atoms with van der Waals surface area (Å²) in [5.41, 5.74) is 6.44. The summed E-state index contributed by atoms with van der Waals surface area (Å²) in [5.74, 6) is 0.335. The fourth-order valence-electron chi connectivity index (χ4n) is 1.50. The van der Waals surface area contributed by atoms with Gasteiger partial charge in [0, 0.05) is 17.8 Å². The molecule has 0 aliphatic rings. The van der Waals surface area contributed by atoms with Crippen LogP contribution in [0.15, 0.2) is 52.9 Å². The fourth-order valence-corrected chi connectivity index (χ4v) is 1.60. The first-order chi connectivity index (χ1) is 10.5. The number of esters is 1. The Morgan fingerprint density at radius 2 is 2.36 bits per heavy atom. The minimum Gasteiger partial charge on any atom is -0.466 e. The van der Waals surface area contributed by atoms with E-state index >= 15 is 0 Å². The van der Waals surface area contributed by atoms with Crippen LogP contribution >= 0.6 is 11.6 Å². The number of hydrogen-bond acceptors (Lipinski definition) is 5. The van der Waals surface area contributed by atoms with Crippen molar-refractivity contribution in [2.45, 2.75) is 13.3 Å². The maximum absolute atomic E-state index is 11.3. The van der Waals surface area contributed by atoms with Crippen molar-refractivity contribution in [2.24, 2.45) is 10.7 Å². The van der Waals surface area contributed by atoms with Crippen molar-refractivity contribution >= 4 is 23.4 Å². The molecule has 7 heteroatoms. The number of aliphatic imine (C=N–C) groups is 1. The quantitative estimate of drug-likeness (QED) is 0.330. The van der Waals surface area contributed by atoms with Gasteiger partial charge in [-0.25, -0.2) is 4.99 Å². The molecule has 118 valence electrons. The van der Waals surface area contributed by atoms with E-state index in [1.54, 1.807) is 25.3 Å². The van der Waals surface area contributed by atoms with Crippen molar-refractivity contribution in [1.29, 1.82) is 0 Å². The number of nitrogens with two attached hydrogens (primary N) is 1. The van der Waals surface area contributed by atoms with E-state index < -0.39 is 0 Å². The highest BCUT2D eigenvalue weighted by atomic mass is 35.5. The van der Waals surface area contributed by atoms with E-state index in [9.17, 15) is 4.79 Å². The van der Waals surface area contributed by atoms with E-state index in [0.29, 0.717) is 24.7 Å². The second-order valence-electron chi connectivity index (χ2n) is 4.17. The lowest BCUT2D eigenvalue weighted by Gasteiger charge is -2.08. The Balaban J connectivity index is 2.73. The molecular weight excluding hydrogens is 304 g/mol. The Labute approximate surface area is 134 Å². The Morgan fingerprint density at radius 3 is 2.95 bits per heavy atom. The monoisotopic (exact) mass is 322 g/mol. The van der Waals surface area contributed by atoms with Gasteiger partial charge in [-0.3, -0.25) is 9.78 Å². The van der Waals surface area contributed by atoms with Crippen LogP contribution in [0.5, 0.6) is 0 Å². The Morgan fingerprint density at radius 1 is 1.59 bits per heavy atom. The number of halogens is 1. The molecule has 3 N–H and O–H groups in total. The van der Waals surface area contributed by atoms with Gasteiger partial charge in [0.05, 0.1) is 13.0 Å². The summed E-state index contributed by atoms with van der Waals surface area (Å²) < 4.78 is 4.84. The van der Waals surface area contributed by atoms with Gasteiger partial charge in [0.1, 0.15) is 11.5 Å². The number of aromatic nitrogens is 1. The van der Waals surface area contributed by atoms with Crippen LogP contribution in [0, 0.1) is 0 Å². The Bertz CT molecular complexity index is 570. The van der Waals surface area contributed by atoms with E-state index in [1.807, 2.05) is 6.07 Å². The number of allylic oxidation sites excluding steroid dienone is 2. The van der Waals surface area contributed by atoms with Crippen LogP contribution in [0.25, 0.3) is 0 Å². The highest BCUT2D eigenvalue weighted by Crippen LogP contribution is 2.05. The van der Waals surface area contributed by atoms with Gasteiger partial charge in [-0.05, 0) is 25.1 Å². The lowest BCUT2D eigenvalue weighted by molar-refractivity contribution is -0.142. The molecule has 0 saturated heterocycles. The number of nitrogens with zero attached hydrogens (tertiary/aromatic N) is 2. The number of rotatable bonds is 8. The lowest BCUT2D eigenvalue weighted by Crippen LogP contribution is -2.22. The summed E-state index contributed by atoms with van der Waals surface area (Å²) in [6.45, 7) is 6.03. The van der Waals surface area contributed by atoms with Crippen LogP contribution in [0.1, 0.15) is 19.0 Å². The molecule has 1 rings (SSSR count). The van der Waals surface area contributed by atoms with Gasteiger partial charge in [-0.1, -0.05) is 24.2 Å². The van der Waals surface area contributed by atoms with E-state index in [1.165, 1.54) is 6.08 Å². The second-order valence-corrected chi connectivity index (χ2v) is 4.66. The topological polar surface area (TPSA) is 89.6 Å². The van der Waals surface area contributed by atoms with Crippen LogP contribution in [-0.2, 0) is 9.53 Å². The molecule has 0 saturated carbocycles. The lowest BCUT2D eigenvalue weighted by atomic mass is 10.3. The molecule has 0 aliphatic heterocycles. The maximum Gasteiger partial charge on any atom is 0.307 e. The number of ether oxygens (including phenoxy) is 1. The zero-order valence-corrected chi connectivity index (χ0v) is 13.1. The zero-order valence-electron chi connectivity index (χ0n) is 12.4. The average Bonchev–Trinajstić information content (AvgIpc) is 2.47. The van der Waals surface area contributed by atoms with Crippen LogP contribution in [0.2, 0.25) is 0 Å². The van der Waals surface area contributed by atoms with Crippen molar-refractivity contribution in [3.63, 3.8) is 0 Å². The molecule has 0 aliphatic carbocycles. The molecule has 0 radical (unpaired) electrons. The van der Waals surface area contributed by atoms with Gasteiger partial charge in [-0.2, -0.15) is 0 Å².